The van der Waals surface area contributed by atoms with Gasteiger partial charge in [-0.2, -0.15) is 0 Å². The summed E-state index contributed by atoms with van der Waals surface area (Å²) >= 11 is 1.63. The SMILES string of the molecule is Cc1ccccc1-c1nc(-c2ccc(NC(=O)C3CC(=O)N(C(C)C)C3)cc2)cs1. The fourth-order valence-corrected chi connectivity index (χ4v) is 4.64. The molecule has 1 aromatic heterocycles. The zero-order chi connectivity index (χ0) is 21.3. The number of thiazole rings is 1. The van der Waals surface area contributed by atoms with Crippen LogP contribution in [0, 0.1) is 12.8 Å². The fraction of sp³-hybridized carbons (Fsp3) is 0.292. The van der Waals surface area contributed by atoms with Crippen molar-refractivity contribution in [2.24, 2.45) is 5.92 Å². The van der Waals surface area contributed by atoms with Gasteiger partial charge in [0.2, 0.25) is 11.8 Å². The molecule has 1 saturated heterocycles. The number of carbonyl (C=O) groups is 2. The van der Waals surface area contributed by atoms with Crippen LogP contribution in [0.25, 0.3) is 21.8 Å². The lowest BCUT2D eigenvalue weighted by Crippen LogP contribution is -2.33. The van der Waals surface area contributed by atoms with Crippen LogP contribution in [0.1, 0.15) is 25.8 Å². The summed E-state index contributed by atoms with van der Waals surface area (Å²) in [5, 5.41) is 6.00. The monoisotopic (exact) mass is 419 g/mol. The highest BCUT2D eigenvalue weighted by molar-refractivity contribution is 7.13. The van der Waals surface area contributed by atoms with E-state index < -0.39 is 0 Å². The molecule has 1 fully saturated rings. The molecule has 154 valence electrons. The number of aromatic nitrogens is 1. The summed E-state index contributed by atoms with van der Waals surface area (Å²) in [5.41, 5.74) is 5.02. The van der Waals surface area contributed by atoms with Crippen molar-refractivity contribution in [2.45, 2.75) is 33.2 Å². The standard InChI is InChI=1S/C24H25N3O2S/c1-15(2)27-13-18(12-22(27)28)23(29)25-19-10-8-17(9-11-19)21-14-30-24(26-21)20-7-5-4-6-16(20)3/h4-11,14-15,18H,12-13H2,1-3H3,(H,25,29). The van der Waals surface area contributed by atoms with Gasteiger partial charge in [-0.3, -0.25) is 9.59 Å². The van der Waals surface area contributed by atoms with E-state index in [0.29, 0.717) is 6.54 Å². The van der Waals surface area contributed by atoms with Crippen molar-refractivity contribution >= 4 is 28.8 Å². The highest BCUT2D eigenvalue weighted by Gasteiger charge is 2.35. The molecule has 2 aromatic carbocycles. The molecule has 6 heteroatoms. The lowest BCUT2D eigenvalue weighted by molar-refractivity contribution is -0.129. The van der Waals surface area contributed by atoms with Crippen LogP contribution in [0.5, 0.6) is 0 Å². The highest BCUT2D eigenvalue weighted by atomic mass is 32.1. The lowest BCUT2D eigenvalue weighted by atomic mass is 10.1. The summed E-state index contributed by atoms with van der Waals surface area (Å²) in [5.74, 6) is -0.349. The predicted molar refractivity (Wildman–Crippen MR) is 121 cm³/mol. The van der Waals surface area contributed by atoms with Crippen molar-refractivity contribution in [1.82, 2.24) is 9.88 Å². The Labute approximate surface area is 180 Å². The maximum absolute atomic E-state index is 12.6. The molecule has 0 spiro atoms. The zero-order valence-corrected chi connectivity index (χ0v) is 18.2. The van der Waals surface area contributed by atoms with Gasteiger partial charge in [0.05, 0.1) is 11.6 Å². The molecule has 1 unspecified atom stereocenters. The molecule has 2 amide bonds. The topological polar surface area (TPSA) is 62.3 Å². The van der Waals surface area contributed by atoms with E-state index in [-0.39, 0.29) is 30.2 Å². The Balaban J connectivity index is 1.43. The van der Waals surface area contributed by atoms with Gasteiger partial charge in [0, 0.05) is 41.2 Å². The van der Waals surface area contributed by atoms with E-state index in [2.05, 4.69) is 29.8 Å². The second kappa shape index (κ2) is 8.40. The van der Waals surface area contributed by atoms with Crippen LogP contribution in [0.15, 0.2) is 53.9 Å². The van der Waals surface area contributed by atoms with Gasteiger partial charge in [0.25, 0.3) is 0 Å². The Kier molecular flexibility index (Phi) is 5.68. The first-order valence-electron chi connectivity index (χ1n) is 10.1. The Hall–Kier alpha value is -2.99. The van der Waals surface area contributed by atoms with Gasteiger partial charge < -0.3 is 10.2 Å². The van der Waals surface area contributed by atoms with Crippen molar-refractivity contribution in [3.05, 3.63) is 59.5 Å². The molecule has 3 aromatic rings. The van der Waals surface area contributed by atoms with Crippen LogP contribution in [-0.2, 0) is 9.59 Å². The van der Waals surface area contributed by atoms with Crippen molar-refractivity contribution in [1.29, 1.82) is 0 Å². The van der Waals surface area contributed by atoms with Crippen molar-refractivity contribution in [2.75, 3.05) is 11.9 Å². The fourth-order valence-electron chi connectivity index (χ4n) is 3.72. The number of amides is 2. The Morgan fingerprint density at radius 1 is 1.17 bits per heavy atom. The molecule has 1 N–H and O–H groups in total. The number of aryl methyl sites for hydroxylation is 1. The van der Waals surface area contributed by atoms with E-state index >= 15 is 0 Å². The van der Waals surface area contributed by atoms with Gasteiger partial charge in [0.1, 0.15) is 5.01 Å². The van der Waals surface area contributed by atoms with Gasteiger partial charge in [-0.15, -0.1) is 11.3 Å². The molecule has 0 saturated carbocycles. The molecule has 5 nitrogen and oxygen atoms in total. The molecule has 0 radical (unpaired) electrons. The van der Waals surface area contributed by atoms with Crippen LogP contribution >= 0.6 is 11.3 Å². The Morgan fingerprint density at radius 3 is 2.57 bits per heavy atom. The number of benzene rings is 2. The number of hydrogen-bond donors (Lipinski definition) is 1. The number of carbonyl (C=O) groups excluding carboxylic acids is 2. The van der Waals surface area contributed by atoms with E-state index in [1.807, 2.05) is 50.2 Å². The van der Waals surface area contributed by atoms with Crippen LogP contribution in [0.4, 0.5) is 5.69 Å². The van der Waals surface area contributed by atoms with E-state index in [9.17, 15) is 9.59 Å². The molecule has 30 heavy (non-hydrogen) atoms. The van der Waals surface area contributed by atoms with Gasteiger partial charge in [0.15, 0.2) is 0 Å². The summed E-state index contributed by atoms with van der Waals surface area (Å²) < 4.78 is 0. The normalized spacial score (nSPS) is 16.3. The zero-order valence-electron chi connectivity index (χ0n) is 17.4. The lowest BCUT2D eigenvalue weighted by Gasteiger charge is -2.20. The largest absolute Gasteiger partial charge is 0.339 e. The van der Waals surface area contributed by atoms with E-state index in [0.717, 1.165) is 27.5 Å². The van der Waals surface area contributed by atoms with Gasteiger partial charge >= 0.3 is 0 Å². The third kappa shape index (κ3) is 4.14. The molecule has 4 rings (SSSR count). The molecular weight excluding hydrogens is 394 g/mol. The van der Waals surface area contributed by atoms with Gasteiger partial charge in [-0.1, -0.05) is 36.4 Å². The maximum Gasteiger partial charge on any atom is 0.229 e. The second-order valence-electron chi connectivity index (χ2n) is 7.96. The third-order valence-corrected chi connectivity index (χ3v) is 6.36. The smallest absolute Gasteiger partial charge is 0.229 e. The average Bonchev–Trinajstić information content (AvgIpc) is 3.36. The number of nitrogens with one attached hydrogen (secondary N) is 1. The van der Waals surface area contributed by atoms with Crippen LogP contribution in [-0.4, -0.2) is 34.3 Å². The van der Waals surface area contributed by atoms with E-state index in [1.54, 1.807) is 16.2 Å². The molecule has 0 bridgehead atoms. The molecule has 0 aliphatic carbocycles. The minimum atomic E-state index is -0.296. The van der Waals surface area contributed by atoms with Crippen LogP contribution < -0.4 is 5.32 Å². The number of likely N-dealkylation sites (tertiary alicyclic amines) is 1. The average molecular weight is 420 g/mol. The quantitative estimate of drug-likeness (QED) is 0.634. The molecule has 1 atom stereocenters. The first-order chi connectivity index (χ1) is 14.4. The first-order valence-corrected chi connectivity index (χ1v) is 11.0. The first kappa shape index (κ1) is 20.3. The number of anilines is 1. The van der Waals surface area contributed by atoms with Crippen LogP contribution in [0.2, 0.25) is 0 Å². The van der Waals surface area contributed by atoms with E-state index in [1.165, 1.54) is 5.56 Å². The maximum atomic E-state index is 12.6. The summed E-state index contributed by atoms with van der Waals surface area (Å²) in [6.07, 6.45) is 0.280. The summed E-state index contributed by atoms with van der Waals surface area (Å²) in [6.45, 7) is 6.52. The van der Waals surface area contributed by atoms with Crippen molar-refractivity contribution in [3.8, 4) is 21.8 Å². The number of nitrogens with zero attached hydrogens (tertiary/aromatic N) is 2. The third-order valence-electron chi connectivity index (χ3n) is 5.48. The predicted octanol–water partition coefficient (Wildman–Crippen LogP) is 4.98. The van der Waals surface area contributed by atoms with Crippen molar-refractivity contribution < 1.29 is 9.59 Å². The molecule has 1 aliphatic rings. The van der Waals surface area contributed by atoms with Crippen molar-refractivity contribution in [3.63, 3.8) is 0 Å². The number of hydrogen-bond acceptors (Lipinski definition) is 4. The molecule has 1 aliphatic heterocycles. The minimum absolute atomic E-state index is 0.0495. The van der Waals surface area contributed by atoms with Crippen LogP contribution in [0.3, 0.4) is 0 Å². The minimum Gasteiger partial charge on any atom is -0.339 e. The second-order valence-corrected chi connectivity index (χ2v) is 8.82. The molecule has 2 heterocycles. The number of rotatable bonds is 5. The summed E-state index contributed by atoms with van der Waals surface area (Å²) in [7, 11) is 0. The van der Waals surface area contributed by atoms with Gasteiger partial charge in [-0.05, 0) is 38.5 Å². The summed E-state index contributed by atoms with van der Waals surface area (Å²) in [4.78, 5) is 31.2. The molecular formula is C24H25N3O2S. The Morgan fingerprint density at radius 2 is 1.90 bits per heavy atom. The Bertz CT molecular complexity index is 1070. The van der Waals surface area contributed by atoms with Gasteiger partial charge in [-0.25, -0.2) is 4.98 Å². The summed E-state index contributed by atoms with van der Waals surface area (Å²) in [6, 6.07) is 16.1. The highest BCUT2D eigenvalue weighted by Crippen LogP contribution is 2.31. The van der Waals surface area contributed by atoms with E-state index in [4.69, 9.17) is 4.98 Å².